The summed E-state index contributed by atoms with van der Waals surface area (Å²) in [5.74, 6) is 1.08. The van der Waals surface area contributed by atoms with Crippen molar-refractivity contribution >= 4 is 11.8 Å². The highest BCUT2D eigenvalue weighted by atomic mass is 16.2. The lowest BCUT2D eigenvalue weighted by atomic mass is 9.94. The molecular formula is C20H28N2O2. The Morgan fingerprint density at radius 2 is 1.83 bits per heavy atom. The largest absolute Gasteiger partial charge is 0.356 e. The van der Waals surface area contributed by atoms with Gasteiger partial charge in [0.2, 0.25) is 11.8 Å². The van der Waals surface area contributed by atoms with Crippen molar-refractivity contribution in [2.75, 3.05) is 6.54 Å². The minimum Gasteiger partial charge on any atom is -0.356 e. The van der Waals surface area contributed by atoms with Crippen LogP contribution >= 0.6 is 0 Å². The van der Waals surface area contributed by atoms with Gasteiger partial charge in [-0.25, -0.2) is 0 Å². The molecule has 1 aromatic rings. The Hall–Kier alpha value is -1.84. The molecule has 130 valence electrons. The van der Waals surface area contributed by atoms with Crippen molar-refractivity contribution in [3.05, 3.63) is 35.9 Å². The number of rotatable bonds is 8. The van der Waals surface area contributed by atoms with Crippen LogP contribution in [0, 0.1) is 11.8 Å². The van der Waals surface area contributed by atoms with E-state index >= 15 is 0 Å². The summed E-state index contributed by atoms with van der Waals surface area (Å²) in [6, 6.07) is 10.8. The molecule has 0 aromatic heterocycles. The topological polar surface area (TPSA) is 58.2 Å². The molecule has 1 aromatic carbocycles. The molecule has 4 nitrogen and oxygen atoms in total. The van der Waals surface area contributed by atoms with E-state index in [0.717, 1.165) is 32.1 Å². The summed E-state index contributed by atoms with van der Waals surface area (Å²) in [6.45, 7) is 0.612. The van der Waals surface area contributed by atoms with E-state index in [0.29, 0.717) is 24.9 Å². The molecular weight excluding hydrogens is 300 g/mol. The van der Waals surface area contributed by atoms with E-state index in [-0.39, 0.29) is 17.7 Å². The van der Waals surface area contributed by atoms with E-state index in [1.165, 1.54) is 18.4 Å². The van der Waals surface area contributed by atoms with Gasteiger partial charge in [-0.05, 0) is 50.0 Å². The lowest BCUT2D eigenvalue weighted by Gasteiger charge is -2.21. The Labute approximate surface area is 144 Å². The summed E-state index contributed by atoms with van der Waals surface area (Å²) in [7, 11) is 0. The van der Waals surface area contributed by atoms with Crippen molar-refractivity contribution in [3.8, 4) is 0 Å². The van der Waals surface area contributed by atoms with Gasteiger partial charge < -0.3 is 10.6 Å². The van der Waals surface area contributed by atoms with Crippen LogP contribution in [0.1, 0.15) is 50.5 Å². The van der Waals surface area contributed by atoms with Crippen molar-refractivity contribution in [2.45, 2.75) is 57.4 Å². The van der Waals surface area contributed by atoms with Crippen LogP contribution in [0.5, 0.6) is 0 Å². The Morgan fingerprint density at radius 1 is 1.04 bits per heavy atom. The normalized spacial score (nSPS) is 23.0. The number of amides is 2. The van der Waals surface area contributed by atoms with E-state index in [2.05, 4.69) is 34.9 Å². The van der Waals surface area contributed by atoms with Crippen molar-refractivity contribution in [2.24, 2.45) is 11.8 Å². The summed E-state index contributed by atoms with van der Waals surface area (Å²) in [6.07, 6.45) is 7.79. The zero-order valence-electron chi connectivity index (χ0n) is 14.3. The number of hydrogen-bond acceptors (Lipinski definition) is 2. The van der Waals surface area contributed by atoms with E-state index in [1.807, 2.05) is 6.07 Å². The van der Waals surface area contributed by atoms with Crippen LogP contribution < -0.4 is 10.6 Å². The lowest BCUT2D eigenvalue weighted by Crippen LogP contribution is -2.38. The number of hydrogen-bond donors (Lipinski definition) is 2. The first kappa shape index (κ1) is 17.0. The fraction of sp³-hybridized carbons (Fsp3) is 0.600. The average Bonchev–Trinajstić information content (AvgIpc) is 3.36. The van der Waals surface area contributed by atoms with Crippen LogP contribution in [-0.4, -0.2) is 24.4 Å². The molecule has 0 spiro atoms. The molecule has 0 unspecified atom stereocenters. The Bertz CT molecular complexity index is 554. The minimum absolute atomic E-state index is 0.126. The molecule has 2 aliphatic rings. The molecule has 2 N–H and O–H groups in total. The molecule has 0 bridgehead atoms. The highest BCUT2D eigenvalue weighted by molar-refractivity contribution is 5.81. The SMILES string of the molecule is O=C(CCCNC(=O)C1CC1)N[C@@H]1CCC[C@@H]1Cc1ccccc1. The monoisotopic (exact) mass is 328 g/mol. The molecule has 3 rings (SSSR count). The van der Waals surface area contributed by atoms with Gasteiger partial charge in [0, 0.05) is 24.9 Å². The fourth-order valence-corrected chi connectivity index (χ4v) is 3.62. The predicted molar refractivity (Wildman–Crippen MR) is 94.4 cm³/mol. The molecule has 2 amide bonds. The number of carbonyl (C=O) groups is 2. The maximum Gasteiger partial charge on any atom is 0.223 e. The smallest absolute Gasteiger partial charge is 0.223 e. The summed E-state index contributed by atoms with van der Waals surface area (Å²) < 4.78 is 0. The predicted octanol–water partition coefficient (Wildman–Crippen LogP) is 2.82. The molecule has 0 radical (unpaired) electrons. The highest BCUT2D eigenvalue weighted by Crippen LogP contribution is 2.29. The third kappa shape index (κ3) is 5.08. The van der Waals surface area contributed by atoms with Crippen LogP contribution in [0.15, 0.2) is 30.3 Å². The van der Waals surface area contributed by atoms with Gasteiger partial charge in [0.05, 0.1) is 0 Å². The summed E-state index contributed by atoms with van der Waals surface area (Å²) in [5.41, 5.74) is 1.35. The second-order valence-corrected chi connectivity index (χ2v) is 7.22. The average molecular weight is 328 g/mol. The van der Waals surface area contributed by atoms with Gasteiger partial charge in [0.1, 0.15) is 0 Å². The number of carbonyl (C=O) groups excluding carboxylic acids is 2. The van der Waals surface area contributed by atoms with Crippen LogP contribution in [0.2, 0.25) is 0 Å². The molecule has 24 heavy (non-hydrogen) atoms. The van der Waals surface area contributed by atoms with Crippen LogP contribution in [0.3, 0.4) is 0 Å². The third-order valence-electron chi connectivity index (χ3n) is 5.17. The standard InChI is InChI=1S/C20H28N2O2/c23-19(10-5-13-21-20(24)16-11-12-16)22-18-9-4-8-17(18)14-15-6-2-1-3-7-15/h1-3,6-7,16-18H,4-5,8-14H2,(H,21,24)(H,22,23)/t17-,18-/m1/s1. The van der Waals surface area contributed by atoms with Gasteiger partial charge in [0.15, 0.2) is 0 Å². The molecule has 0 aliphatic heterocycles. The van der Waals surface area contributed by atoms with Crippen molar-refractivity contribution in [1.82, 2.24) is 10.6 Å². The summed E-state index contributed by atoms with van der Waals surface area (Å²) in [4.78, 5) is 23.7. The van der Waals surface area contributed by atoms with Crippen LogP contribution in [0.25, 0.3) is 0 Å². The lowest BCUT2D eigenvalue weighted by molar-refractivity contribution is -0.124. The van der Waals surface area contributed by atoms with Crippen LogP contribution in [-0.2, 0) is 16.0 Å². The van der Waals surface area contributed by atoms with Gasteiger partial charge in [0.25, 0.3) is 0 Å². The Morgan fingerprint density at radius 3 is 2.58 bits per heavy atom. The van der Waals surface area contributed by atoms with Gasteiger partial charge in [-0.15, -0.1) is 0 Å². The van der Waals surface area contributed by atoms with Gasteiger partial charge in [-0.1, -0.05) is 36.8 Å². The van der Waals surface area contributed by atoms with Gasteiger partial charge in [-0.3, -0.25) is 9.59 Å². The zero-order chi connectivity index (χ0) is 16.8. The molecule has 2 atom stereocenters. The maximum absolute atomic E-state index is 12.2. The molecule has 2 saturated carbocycles. The fourth-order valence-electron chi connectivity index (χ4n) is 3.62. The third-order valence-corrected chi connectivity index (χ3v) is 5.17. The molecule has 2 aliphatic carbocycles. The van der Waals surface area contributed by atoms with E-state index in [9.17, 15) is 9.59 Å². The Balaban J connectivity index is 1.36. The Kier molecular flexibility index (Phi) is 5.89. The molecule has 0 saturated heterocycles. The van der Waals surface area contributed by atoms with Gasteiger partial charge >= 0.3 is 0 Å². The minimum atomic E-state index is 0.126. The van der Waals surface area contributed by atoms with Crippen molar-refractivity contribution in [1.29, 1.82) is 0 Å². The first-order chi connectivity index (χ1) is 11.7. The first-order valence-electron chi connectivity index (χ1n) is 9.33. The summed E-state index contributed by atoms with van der Waals surface area (Å²) in [5, 5.41) is 6.14. The molecule has 4 heteroatoms. The van der Waals surface area contributed by atoms with Gasteiger partial charge in [-0.2, -0.15) is 0 Å². The van der Waals surface area contributed by atoms with E-state index < -0.39 is 0 Å². The molecule has 0 heterocycles. The van der Waals surface area contributed by atoms with E-state index in [4.69, 9.17) is 0 Å². The summed E-state index contributed by atoms with van der Waals surface area (Å²) >= 11 is 0. The van der Waals surface area contributed by atoms with E-state index in [1.54, 1.807) is 0 Å². The number of benzene rings is 1. The van der Waals surface area contributed by atoms with Crippen LogP contribution in [0.4, 0.5) is 0 Å². The highest BCUT2D eigenvalue weighted by Gasteiger charge is 2.29. The van der Waals surface area contributed by atoms with Crippen molar-refractivity contribution in [3.63, 3.8) is 0 Å². The maximum atomic E-state index is 12.2. The number of nitrogens with one attached hydrogen (secondary N) is 2. The second-order valence-electron chi connectivity index (χ2n) is 7.22. The first-order valence-corrected chi connectivity index (χ1v) is 9.33. The second kappa shape index (κ2) is 8.32. The zero-order valence-corrected chi connectivity index (χ0v) is 14.3. The molecule has 2 fully saturated rings. The quantitative estimate of drug-likeness (QED) is 0.721. The van der Waals surface area contributed by atoms with Crippen molar-refractivity contribution < 1.29 is 9.59 Å².